The van der Waals surface area contributed by atoms with Gasteiger partial charge in [-0.05, 0) is 50.8 Å². The molecule has 1 aromatic carbocycles. The molecule has 0 aliphatic carbocycles. The Morgan fingerprint density at radius 1 is 1.06 bits per heavy atom. The summed E-state index contributed by atoms with van der Waals surface area (Å²) in [5, 5.41) is 0.702. The van der Waals surface area contributed by atoms with Gasteiger partial charge in [0.05, 0.1) is 16.6 Å². The van der Waals surface area contributed by atoms with Crippen molar-refractivity contribution in [1.82, 2.24) is 14.7 Å². The maximum atomic E-state index is 13.4. The van der Waals surface area contributed by atoms with Gasteiger partial charge in [0.2, 0.25) is 11.8 Å². The Morgan fingerprint density at radius 3 is 2.38 bits per heavy atom. The zero-order valence-electron chi connectivity index (χ0n) is 19.4. The zero-order chi connectivity index (χ0) is 25.3. The third-order valence-electron chi connectivity index (χ3n) is 5.64. The lowest BCUT2D eigenvalue weighted by Crippen LogP contribution is -2.55. The van der Waals surface area contributed by atoms with Crippen LogP contribution in [0.15, 0.2) is 18.2 Å². The number of halogens is 3. The molecule has 1 aliphatic heterocycles. The second kappa shape index (κ2) is 13.5. The molecule has 1 heterocycles. The van der Waals surface area contributed by atoms with E-state index in [0.717, 1.165) is 4.90 Å². The summed E-state index contributed by atoms with van der Waals surface area (Å²) in [7, 11) is 0. The average molecular weight is 518 g/mol. The van der Waals surface area contributed by atoms with Crippen molar-refractivity contribution in [3.05, 3.63) is 33.8 Å². The standard InChI is InChI=1S/C23H30Cl2FN3O5/c1-3-27(4-2)21(31)14-28(13-17(30)12-26)22(32)20-7-5-6-10-29(20)23(33)34-15-16-8-9-18(24)19(25)11-16/h8-9,11,20H,3-7,10,12-15H2,1-2H3. The lowest BCUT2D eigenvalue weighted by Gasteiger charge is -2.37. The molecular weight excluding hydrogens is 488 g/mol. The number of benzene rings is 1. The number of carbonyl (C=O) groups excluding carboxylic acids is 4. The first-order chi connectivity index (χ1) is 16.2. The van der Waals surface area contributed by atoms with Crippen LogP contribution in [0.1, 0.15) is 38.7 Å². The van der Waals surface area contributed by atoms with E-state index >= 15 is 0 Å². The fourth-order valence-electron chi connectivity index (χ4n) is 3.78. The summed E-state index contributed by atoms with van der Waals surface area (Å²) in [5.41, 5.74) is 0.627. The summed E-state index contributed by atoms with van der Waals surface area (Å²) in [5.74, 6) is -1.74. The summed E-state index contributed by atoms with van der Waals surface area (Å²) >= 11 is 11.9. The highest BCUT2D eigenvalue weighted by Crippen LogP contribution is 2.24. The summed E-state index contributed by atoms with van der Waals surface area (Å²) in [6, 6.07) is 3.93. The molecule has 3 amide bonds. The Morgan fingerprint density at radius 2 is 1.76 bits per heavy atom. The van der Waals surface area contributed by atoms with E-state index in [1.165, 1.54) is 9.80 Å². The van der Waals surface area contributed by atoms with Crippen molar-refractivity contribution in [2.45, 2.75) is 45.8 Å². The molecule has 0 aromatic heterocycles. The number of likely N-dealkylation sites (N-methyl/N-ethyl adjacent to an activating group) is 1. The van der Waals surface area contributed by atoms with Gasteiger partial charge < -0.3 is 14.5 Å². The summed E-state index contributed by atoms with van der Waals surface area (Å²) in [4.78, 5) is 54.5. The van der Waals surface area contributed by atoms with E-state index in [1.54, 1.807) is 32.0 Å². The monoisotopic (exact) mass is 517 g/mol. The van der Waals surface area contributed by atoms with Gasteiger partial charge in [-0.3, -0.25) is 19.3 Å². The number of Topliss-reactive ketones (excluding diaryl/α,β-unsaturated/α-hetero) is 1. The normalized spacial score (nSPS) is 15.6. The summed E-state index contributed by atoms with van der Waals surface area (Å²) in [6.45, 7) is 2.53. The maximum Gasteiger partial charge on any atom is 0.410 e. The minimum absolute atomic E-state index is 0.0718. The number of nitrogens with zero attached hydrogens (tertiary/aromatic N) is 3. The Hall–Kier alpha value is -2.39. The van der Waals surface area contributed by atoms with Crippen molar-refractivity contribution in [3.63, 3.8) is 0 Å². The van der Waals surface area contributed by atoms with E-state index in [4.69, 9.17) is 27.9 Å². The predicted octanol–water partition coefficient (Wildman–Crippen LogP) is 3.72. The van der Waals surface area contributed by atoms with Crippen LogP contribution in [0, 0.1) is 0 Å². The number of ether oxygens (including phenoxy) is 1. The van der Waals surface area contributed by atoms with Gasteiger partial charge >= 0.3 is 6.09 Å². The topological polar surface area (TPSA) is 87.2 Å². The van der Waals surface area contributed by atoms with Gasteiger partial charge in [-0.15, -0.1) is 0 Å². The minimum Gasteiger partial charge on any atom is -0.445 e. The number of hydrogen-bond acceptors (Lipinski definition) is 5. The second-order valence-electron chi connectivity index (χ2n) is 7.94. The van der Waals surface area contributed by atoms with Crippen molar-refractivity contribution in [1.29, 1.82) is 0 Å². The molecule has 1 saturated heterocycles. The molecule has 1 fully saturated rings. The number of hydrogen-bond donors (Lipinski definition) is 0. The number of amides is 3. The first-order valence-corrected chi connectivity index (χ1v) is 12.0. The number of piperidine rings is 1. The highest BCUT2D eigenvalue weighted by atomic mass is 35.5. The molecule has 0 N–H and O–H groups in total. The Balaban J connectivity index is 2.15. The van der Waals surface area contributed by atoms with E-state index in [0.29, 0.717) is 48.0 Å². The summed E-state index contributed by atoms with van der Waals surface area (Å²) < 4.78 is 18.3. The van der Waals surface area contributed by atoms with Crippen LogP contribution >= 0.6 is 23.2 Å². The minimum atomic E-state index is -1.25. The molecule has 0 saturated carbocycles. The molecule has 11 heteroatoms. The molecule has 34 heavy (non-hydrogen) atoms. The van der Waals surface area contributed by atoms with Gasteiger partial charge in [0.25, 0.3) is 0 Å². The van der Waals surface area contributed by atoms with Gasteiger partial charge in [-0.2, -0.15) is 0 Å². The first kappa shape index (κ1) is 27.9. The fourth-order valence-corrected chi connectivity index (χ4v) is 4.10. The van der Waals surface area contributed by atoms with Crippen molar-refractivity contribution in [2.75, 3.05) is 39.4 Å². The van der Waals surface area contributed by atoms with Crippen molar-refractivity contribution >= 4 is 46.9 Å². The van der Waals surface area contributed by atoms with Gasteiger partial charge in [0.15, 0.2) is 5.78 Å². The smallest absolute Gasteiger partial charge is 0.410 e. The molecule has 1 aromatic rings. The van der Waals surface area contributed by atoms with Crippen LogP contribution in [0.25, 0.3) is 0 Å². The van der Waals surface area contributed by atoms with Crippen molar-refractivity contribution < 1.29 is 28.3 Å². The van der Waals surface area contributed by atoms with Gasteiger partial charge in [-0.25, -0.2) is 9.18 Å². The van der Waals surface area contributed by atoms with Crippen LogP contribution in [0.2, 0.25) is 10.0 Å². The zero-order valence-corrected chi connectivity index (χ0v) is 20.9. The van der Waals surface area contributed by atoms with Crippen LogP contribution in [-0.4, -0.2) is 83.8 Å². The molecule has 2 rings (SSSR count). The molecule has 1 aliphatic rings. The fraction of sp³-hybridized carbons (Fsp3) is 0.565. The van der Waals surface area contributed by atoms with E-state index in [-0.39, 0.29) is 25.6 Å². The molecule has 8 nitrogen and oxygen atoms in total. The van der Waals surface area contributed by atoms with E-state index in [2.05, 4.69) is 0 Å². The van der Waals surface area contributed by atoms with E-state index in [1.807, 2.05) is 0 Å². The van der Waals surface area contributed by atoms with Crippen LogP contribution < -0.4 is 0 Å². The van der Waals surface area contributed by atoms with Crippen LogP contribution in [-0.2, 0) is 25.7 Å². The van der Waals surface area contributed by atoms with Crippen molar-refractivity contribution in [2.24, 2.45) is 0 Å². The van der Waals surface area contributed by atoms with Gasteiger partial charge in [-0.1, -0.05) is 29.3 Å². The van der Waals surface area contributed by atoms with Gasteiger partial charge in [0.1, 0.15) is 25.9 Å². The molecule has 1 atom stereocenters. The van der Waals surface area contributed by atoms with Crippen LogP contribution in [0.3, 0.4) is 0 Å². The van der Waals surface area contributed by atoms with Gasteiger partial charge in [0, 0.05) is 19.6 Å². The van der Waals surface area contributed by atoms with Crippen molar-refractivity contribution in [3.8, 4) is 0 Å². The van der Waals surface area contributed by atoms with Crippen LogP contribution in [0.5, 0.6) is 0 Å². The molecule has 1 unspecified atom stereocenters. The molecule has 0 radical (unpaired) electrons. The molecule has 0 spiro atoms. The Kier molecular flexibility index (Phi) is 11.0. The Labute approximate surface area is 208 Å². The van der Waals surface area contributed by atoms with Crippen LogP contribution in [0.4, 0.5) is 9.18 Å². The highest BCUT2D eigenvalue weighted by Gasteiger charge is 2.37. The highest BCUT2D eigenvalue weighted by molar-refractivity contribution is 6.42. The summed E-state index contributed by atoms with van der Waals surface area (Å²) in [6.07, 6.45) is 1.01. The number of alkyl halides is 1. The largest absolute Gasteiger partial charge is 0.445 e. The van der Waals surface area contributed by atoms with E-state index in [9.17, 15) is 23.6 Å². The first-order valence-electron chi connectivity index (χ1n) is 11.2. The third kappa shape index (κ3) is 7.56. The molecular formula is C23H30Cl2FN3O5. The SMILES string of the molecule is CCN(CC)C(=O)CN(CC(=O)CF)C(=O)C1CCCCN1C(=O)OCc1ccc(Cl)c(Cl)c1. The average Bonchev–Trinajstić information content (AvgIpc) is 2.84. The lowest BCUT2D eigenvalue weighted by molar-refractivity contribution is -0.146. The maximum absolute atomic E-state index is 13.4. The Bertz CT molecular complexity index is 897. The second-order valence-corrected chi connectivity index (χ2v) is 8.76. The number of ketones is 1. The predicted molar refractivity (Wildman–Crippen MR) is 126 cm³/mol. The molecule has 0 bridgehead atoms. The molecule has 188 valence electrons. The van der Waals surface area contributed by atoms with E-state index < -0.39 is 37.0 Å². The third-order valence-corrected chi connectivity index (χ3v) is 6.38. The quantitative estimate of drug-likeness (QED) is 0.471. The number of rotatable bonds is 10. The lowest BCUT2D eigenvalue weighted by atomic mass is 10.0. The number of likely N-dealkylation sites (tertiary alicyclic amines) is 1. The number of carbonyl (C=O) groups is 4.